The number of nitriles is 1. The molecule has 0 saturated carbocycles. The average molecular weight is 259 g/mol. The van der Waals surface area contributed by atoms with Crippen LogP contribution < -0.4 is 11.1 Å². The highest BCUT2D eigenvalue weighted by Gasteiger charge is 2.08. The Balaban J connectivity index is 2.44. The monoisotopic (exact) mass is 258 g/mol. The Morgan fingerprint density at radius 1 is 1.39 bits per heavy atom. The number of benzene rings is 1. The maximum absolute atomic E-state index is 9.11. The van der Waals surface area contributed by atoms with Gasteiger partial charge in [0.2, 0.25) is 0 Å². The lowest BCUT2D eigenvalue weighted by Gasteiger charge is -2.10. The van der Waals surface area contributed by atoms with Crippen molar-refractivity contribution < 1.29 is 0 Å². The van der Waals surface area contributed by atoms with Gasteiger partial charge in [-0.1, -0.05) is 11.6 Å². The summed E-state index contributed by atoms with van der Waals surface area (Å²) in [7, 11) is 0. The number of hydrogen-bond donors (Lipinski definition) is 2. The van der Waals surface area contributed by atoms with E-state index in [-0.39, 0.29) is 0 Å². The highest BCUT2D eigenvalue weighted by Crippen LogP contribution is 2.28. The van der Waals surface area contributed by atoms with Gasteiger partial charge in [-0.25, -0.2) is 4.98 Å². The van der Waals surface area contributed by atoms with Crippen molar-refractivity contribution in [3.8, 4) is 6.07 Å². The van der Waals surface area contributed by atoms with Crippen LogP contribution >= 0.6 is 11.6 Å². The van der Waals surface area contributed by atoms with E-state index in [4.69, 9.17) is 22.6 Å². The Labute approximate surface area is 110 Å². The highest BCUT2D eigenvalue weighted by molar-refractivity contribution is 6.33. The summed E-state index contributed by atoms with van der Waals surface area (Å²) in [6, 6.07) is 9.01. The van der Waals surface area contributed by atoms with E-state index in [1.54, 1.807) is 30.5 Å². The maximum atomic E-state index is 9.11. The largest absolute Gasteiger partial charge is 0.399 e. The van der Waals surface area contributed by atoms with E-state index in [0.717, 1.165) is 5.56 Å². The summed E-state index contributed by atoms with van der Waals surface area (Å²) in [5, 5.41) is 12.7. The lowest BCUT2D eigenvalue weighted by molar-refractivity contribution is 1.24. The minimum absolute atomic E-state index is 0.477. The second-order valence-corrected chi connectivity index (χ2v) is 4.23. The number of nitrogens with zero attached hydrogens (tertiary/aromatic N) is 2. The van der Waals surface area contributed by atoms with E-state index in [1.807, 2.05) is 6.92 Å². The van der Waals surface area contributed by atoms with Crippen molar-refractivity contribution in [3.05, 3.63) is 46.6 Å². The van der Waals surface area contributed by atoms with Gasteiger partial charge in [0.15, 0.2) is 0 Å². The molecule has 0 fully saturated rings. The average Bonchev–Trinajstić information content (AvgIpc) is 2.34. The number of hydrogen-bond acceptors (Lipinski definition) is 4. The fourth-order valence-electron chi connectivity index (χ4n) is 1.56. The normalized spacial score (nSPS) is 9.83. The molecular weight excluding hydrogens is 248 g/mol. The summed E-state index contributed by atoms with van der Waals surface area (Å²) in [6.45, 7) is 1.85. The highest BCUT2D eigenvalue weighted by atomic mass is 35.5. The van der Waals surface area contributed by atoms with Gasteiger partial charge in [0, 0.05) is 11.9 Å². The van der Waals surface area contributed by atoms with Crippen LogP contribution in [0.4, 0.5) is 17.2 Å². The van der Waals surface area contributed by atoms with Crippen molar-refractivity contribution in [2.75, 3.05) is 11.1 Å². The molecule has 2 rings (SSSR count). The zero-order valence-corrected chi connectivity index (χ0v) is 10.5. The molecular formula is C13H11ClN4. The third-order valence-electron chi connectivity index (χ3n) is 2.51. The summed E-state index contributed by atoms with van der Waals surface area (Å²) in [5.74, 6) is 0.477. The minimum Gasteiger partial charge on any atom is -0.399 e. The zero-order chi connectivity index (χ0) is 13.1. The Morgan fingerprint density at radius 3 is 2.89 bits per heavy atom. The topological polar surface area (TPSA) is 74.7 Å². The van der Waals surface area contributed by atoms with Crippen LogP contribution in [-0.2, 0) is 0 Å². The molecule has 0 spiro atoms. The zero-order valence-electron chi connectivity index (χ0n) is 9.74. The SMILES string of the molecule is Cc1ccnc(Nc2cc(N)ccc2Cl)c1C#N. The van der Waals surface area contributed by atoms with Crippen LogP contribution in [0.2, 0.25) is 5.02 Å². The Hall–Kier alpha value is -2.25. The first kappa shape index (κ1) is 12.2. The molecule has 0 bridgehead atoms. The van der Waals surface area contributed by atoms with E-state index >= 15 is 0 Å². The minimum atomic E-state index is 0.477. The van der Waals surface area contributed by atoms with Crippen molar-refractivity contribution in [1.82, 2.24) is 4.98 Å². The fraction of sp³-hybridized carbons (Fsp3) is 0.0769. The number of nitrogen functional groups attached to an aromatic ring is 1. The molecule has 0 atom stereocenters. The number of anilines is 3. The van der Waals surface area contributed by atoms with Crippen LogP contribution in [0.3, 0.4) is 0 Å². The molecule has 0 radical (unpaired) electrons. The van der Waals surface area contributed by atoms with Crippen LogP contribution in [0.15, 0.2) is 30.5 Å². The van der Waals surface area contributed by atoms with Gasteiger partial charge in [0.1, 0.15) is 11.9 Å². The number of halogens is 1. The van der Waals surface area contributed by atoms with Gasteiger partial charge >= 0.3 is 0 Å². The summed E-state index contributed by atoms with van der Waals surface area (Å²) in [6.07, 6.45) is 1.64. The van der Waals surface area contributed by atoms with Crippen LogP contribution in [0, 0.1) is 18.3 Å². The lowest BCUT2D eigenvalue weighted by atomic mass is 10.1. The summed E-state index contributed by atoms with van der Waals surface area (Å²) in [5.41, 5.74) is 8.27. The molecule has 1 aromatic carbocycles. The molecule has 5 heteroatoms. The predicted octanol–water partition coefficient (Wildman–Crippen LogP) is 3.24. The second kappa shape index (κ2) is 4.94. The second-order valence-electron chi connectivity index (χ2n) is 3.83. The third-order valence-corrected chi connectivity index (χ3v) is 2.84. The summed E-state index contributed by atoms with van der Waals surface area (Å²) < 4.78 is 0. The number of aryl methyl sites for hydroxylation is 1. The van der Waals surface area contributed by atoms with E-state index in [9.17, 15) is 0 Å². The maximum Gasteiger partial charge on any atom is 0.148 e. The number of pyridine rings is 1. The molecule has 3 N–H and O–H groups in total. The van der Waals surface area contributed by atoms with E-state index < -0.39 is 0 Å². The molecule has 0 unspecified atom stereocenters. The Bertz CT molecular complexity index is 631. The van der Waals surface area contributed by atoms with Gasteiger partial charge in [-0.2, -0.15) is 5.26 Å². The molecule has 0 aliphatic rings. The summed E-state index contributed by atoms with van der Waals surface area (Å²) in [4.78, 5) is 4.14. The molecule has 18 heavy (non-hydrogen) atoms. The van der Waals surface area contributed by atoms with Gasteiger partial charge in [-0.15, -0.1) is 0 Å². The van der Waals surface area contributed by atoms with Crippen molar-refractivity contribution in [2.45, 2.75) is 6.92 Å². The number of rotatable bonds is 2. The smallest absolute Gasteiger partial charge is 0.148 e. The van der Waals surface area contributed by atoms with Crippen molar-refractivity contribution in [3.63, 3.8) is 0 Å². The number of nitrogens with one attached hydrogen (secondary N) is 1. The number of aromatic nitrogens is 1. The first-order valence-corrected chi connectivity index (χ1v) is 5.67. The van der Waals surface area contributed by atoms with Crippen molar-refractivity contribution in [2.24, 2.45) is 0 Å². The molecule has 0 aliphatic carbocycles. The van der Waals surface area contributed by atoms with Gasteiger partial charge in [0.25, 0.3) is 0 Å². The van der Waals surface area contributed by atoms with Crippen LogP contribution in [-0.4, -0.2) is 4.98 Å². The first-order valence-electron chi connectivity index (χ1n) is 5.29. The van der Waals surface area contributed by atoms with Gasteiger partial charge in [0.05, 0.1) is 16.3 Å². The van der Waals surface area contributed by atoms with E-state index in [2.05, 4.69) is 16.4 Å². The van der Waals surface area contributed by atoms with Gasteiger partial charge in [-0.3, -0.25) is 0 Å². The lowest BCUT2D eigenvalue weighted by Crippen LogP contribution is -1.99. The molecule has 0 aliphatic heterocycles. The van der Waals surface area contributed by atoms with E-state index in [1.165, 1.54) is 0 Å². The standard InChI is InChI=1S/C13H11ClN4/c1-8-4-5-17-13(10(8)7-15)18-12-6-9(16)2-3-11(12)14/h2-6H,16H2,1H3,(H,17,18). The Morgan fingerprint density at radius 2 is 2.17 bits per heavy atom. The van der Waals surface area contributed by atoms with Crippen LogP contribution in [0.5, 0.6) is 0 Å². The molecule has 90 valence electrons. The Kier molecular flexibility index (Phi) is 3.35. The molecule has 1 aromatic heterocycles. The van der Waals surface area contributed by atoms with Gasteiger partial charge in [-0.05, 0) is 36.8 Å². The predicted molar refractivity (Wildman–Crippen MR) is 72.8 cm³/mol. The molecule has 1 heterocycles. The van der Waals surface area contributed by atoms with Crippen LogP contribution in [0.25, 0.3) is 0 Å². The first-order chi connectivity index (χ1) is 8.61. The quantitative estimate of drug-likeness (QED) is 0.811. The van der Waals surface area contributed by atoms with Gasteiger partial charge < -0.3 is 11.1 Å². The number of nitrogens with two attached hydrogens (primary N) is 1. The molecule has 0 amide bonds. The molecule has 4 nitrogen and oxygen atoms in total. The van der Waals surface area contributed by atoms with Crippen molar-refractivity contribution >= 4 is 28.8 Å². The third kappa shape index (κ3) is 2.36. The van der Waals surface area contributed by atoms with Crippen LogP contribution in [0.1, 0.15) is 11.1 Å². The fourth-order valence-corrected chi connectivity index (χ4v) is 1.73. The van der Waals surface area contributed by atoms with Crippen molar-refractivity contribution in [1.29, 1.82) is 5.26 Å². The molecule has 2 aromatic rings. The molecule has 0 saturated heterocycles. The summed E-state index contributed by atoms with van der Waals surface area (Å²) >= 11 is 6.05. The van der Waals surface area contributed by atoms with E-state index in [0.29, 0.717) is 27.8 Å².